The zero-order valence-corrected chi connectivity index (χ0v) is 18.8. The molecule has 0 fully saturated rings. The van der Waals surface area contributed by atoms with E-state index in [2.05, 4.69) is 5.32 Å². The average Bonchev–Trinajstić information content (AvgIpc) is 3.15. The lowest BCUT2D eigenvalue weighted by molar-refractivity contribution is -0.385. The number of carbonyl (C=O) groups is 2. The molecule has 1 aromatic carbocycles. The number of amides is 1. The number of nitro benzene ring substituents is 1. The van der Waals surface area contributed by atoms with E-state index in [1.54, 1.807) is 0 Å². The Hall–Kier alpha value is -3.18. The number of hydrogen-bond acceptors (Lipinski definition) is 9. The number of benzene rings is 1. The summed E-state index contributed by atoms with van der Waals surface area (Å²) >= 11 is 1.30. The number of fused-ring (bicyclic) bond motifs is 1. The molecule has 0 spiro atoms. The predicted octanol–water partition coefficient (Wildman–Crippen LogP) is 3.61. The van der Waals surface area contributed by atoms with Gasteiger partial charge in [0.05, 0.1) is 37.4 Å². The topological polar surface area (TPSA) is 126 Å². The fourth-order valence-corrected chi connectivity index (χ4v) is 4.80. The number of nitrogens with one attached hydrogen (secondary N) is 1. The van der Waals surface area contributed by atoms with Gasteiger partial charge in [0, 0.05) is 18.1 Å². The lowest BCUT2D eigenvalue weighted by Gasteiger charge is -2.13. The molecule has 0 saturated carbocycles. The third-order valence-electron chi connectivity index (χ3n) is 5.06. The Morgan fingerprint density at radius 3 is 2.53 bits per heavy atom. The van der Waals surface area contributed by atoms with Gasteiger partial charge in [0.1, 0.15) is 17.2 Å². The van der Waals surface area contributed by atoms with Crippen molar-refractivity contribution in [2.24, 2.45) is 0 Å². The van der Waals surface area contributed by atoms with Crippen LogP contribution in [-0.2, 0) is 22.3 Å². The summed E-state index contributed by atoms with van der Waals surface area (Å²) in [6, 6.07) is 2.39. The van der Waals surface area contributed by atoms with E-state index in [4.69, 9.17) is 18.9 Å². The summed E-state index contributed by atoms with van der Waals surface area (Å²) in [5, 5.41) is 14.7. The number of ether oxygens (including phenoxy) is 4. The summed E-state index contributed by atoms with van der Waals surface area (Å²) in [6.07, 6.45) is 3.46. The molecule has 32 heavy (non-hydrogen) atoms. The summed E-state index contributed by atoms with van der Waals surface area (Å²) in [5.41, 5.74) is 0.525. The molecule has 0 unspecified atom stereocenters. The van der Waals surface area contributed by atoms with Gasteiger partial charge in [-0.1, -0.05) is 0 Å². The van der Waals surface area contributed by atoms with Crippen LogP contribution >= 0.6 is 11.3 Å². The molecule has 1 aromatic heterocycles. The Kier molecular flexibility index (Phi) is 7.65. The van der Waals surface area contributed by atoms with Crippen molar-refractivity contribution in [1.82, 2.24) is 0 Å². The van der Waals surface area contributed by atoms with Gasteiger partial charge in [0.15, 0.2) is 11.5 Å². The van der Waals surface area contributed by atoms with Crippen LogP contribution in [0.2, 0.25) is 0 Å². The molecule has 0 saturated heterocycles. The van der Waals surface area contributed by atoms with E-state index in [1.165, 1.54) is 38.7 Å². The van der Waals surface area contributed by atoms with E-state index in [9.17, 15) is 19.7 Å². The van der Waals surface area contributed by atoms with E-state index in [-0.39, 0.29) is 30.3 Å². The summed E-state index contributed by atoms with van der Waals surface area (Å²) in [5.74, 6) is -0.999. The first-order valence-corrected chi connectivity index (χ1v) is 10.7. The number of aryl methyl sites for hydroxylation is 1. The number of nitrogens with zero attached hydrogens (tertiary/aromatic N) is 1. The zero-order chi connectivity index (χ0) is 23.3. The van der Waals surface area contributed by atoms with Gasteiger partial charge < -0.3 is 24.3 Å². The van der Waals surface area contributed by atoms with Crippen LogP contribution in [-0.4, -0.2) is 51.3 Å². The predicted molar refractivity (Wildman–Crippen MR) is 117 cm³/mol. The number of rotatable bonds is 9. The van der Waals surface area contributed by atoms with Crippen molar-refractivity contribution in [3.63, 3.8) is 0 Å². The molecule has 1 heterocycles. The third-order valence-corrected chi connectivity index (χ3v) is 6.26. The minimum atomic E-state index is -0.734. The SMILES string of the molecule is COCCOc1cc([N+](=O)[O-])c(C(=O)Nc2sc3c(c2C(=O)OC)CCCC3)cc1OC. The lowest BCUT2D eigenvalue weighted by atomic mass is 9.95. The molecule has 2 aromatic rings. The molecule has 10 nitrogen and oxygen atoms in total. The number of thiophene rings is 1. The van der Waals surface area contributed by atoms with Gasteiger partial charge in [0.2, 0.25) is 0 Å². The fourth-order valence-electron chi connectivity index (χ4n) is 3.53. The number of methoxy groups -OCH3 is 3. The second-order valence-corrected chi connectivity index (χ2v) is 8.08. The largest absolute Gasteiger partial charge is 0.493 e. The molecule has 1 aliphatic carbocycles. The van der Waals surface area contributed by atoms with Crippen LogP contribution in [0.1, 0.15) is 44.0 Å². The van der Waals surface area contributed by atoms with Gasteiger partial charge in [-0.05, 0) is 31.2 Å². The molecule has 0 aliphatic heterocycles. The van der Waals surface area contributed by atoms with E-state index in [1.807, 2.05) is 0 Å². The highest BCUT2D eigenvalue weighted by atomic mass is 32.1. The Morgan fingerprint density at radius 2 is 1.88 bits per heavy atom. The number of anilines is 1. The van der Waals surface area contributed by atoms with Crippen LogP contribution in [0, 0.1) is 10.1 Å². The quantitative estimate of drug-likeness (QED) is 0.258. The Balaban J connectivity index is 1.98. The second kappa shape index (κ2) is 10.4. The molecular weight excluding hydrogens is 440 g/mol. The standard InChI is InChI=1S/C21H24N2O8S/c1-28-8-9-31-16-11-14(23(26)27)13(10-15(16)29-2)19(24)22-20-18(21(25)30-3)12-6-4-5-7-17(12)32-20/h10-11H,4-9H2,1-3H3,(H,22,24). The molecular formula is C21H24N2O8S. The van der Waals surface area contributed by atoms with Crippen LogP contribution in [0.3, 0.4) is 0 Å². The average molecular weight is 464 g/mol. The summed E-state index contributed by atoms with van der Waals surface area (Å²) < 4.78 is 20.6. The Labute approximate surface area is 188 Å². The van der Waals surface area contributed by atoms with Crippen LogP contribution in [0.15, 0.2) is 12.1 Å². The first-order valence-electron chi connectivity index (χ1n) is 9.93. The van der Waals surface area contributed by atoms with Crippen molar-refractivity contribution >= 4 is 33.9 Å². The van der Waals surface area contributed by atoms with Gasteiger partial charge in [-0.25, -0.2) is 4.79 Å². The van der Waals surface area contributed by atoms with Gasteiger partial charge in [-0.15, -0.1) is 11.3 Å². The summed E-state index contributed by atoms with van der Waals surface area (Å²) in [6.45, 7) is 0.428. The highest BCUT2D eigenvalue weighted by Crippen LogP contribution is 2.40. The van der Waals surface area contributed by atoms with Crippen molar-refractivity contribution < 1.29 is 33.5 Å². The van der Waals surface area contributed by atoms with Crippen LogP contribution in [0.25, 0.3) is 0 Å². The highest BCUT2D eigenvalue weighted by molar-refractivity contribution is 7.17. The molecule has 0 radical (unpaired) electrons. The smallest absolute Gasteiger partial charge is 0.341 e. The van der Waals surface area contributed by atoms with Crippen molar-refractivity contribution in [1.29, 1.82) is 0 Å². The third kappa shape index (κ3) is 4.83. The van der Waals surface area contributed by atoms with E-state index in [0.717, 1.165) is 35.8 Å². The maximum atomic E-state index is 13.1. The molecule has 1 N–H and O–H groups in total. The van der Waals surface area contributed by atoms with E-state index >= 15 is 0 Å². The molecule has 1 aliphatic rings. The molecule has 11 heteroatoms. The highest BCUT2D eigenvalue weighted by Gasteiger charge is 2.30. The van der Waals surface area contributed by atoms with Crippen molar-refractivity contribution in [2.75, 3.05) is 39.9 Å². The van der Waals surface area contributed by atoms with E-state index < -0.39 is 22.5 Å². The molecule has 172 valence electrons. The Bertz CT molecular complexity index is 1030. The minimum Gasteiger partial charge on any atom is -0.493 e. The molecule has 0 atom stereocenters. The first kappa shape index (κ1) is 23.5. The van der Waals surface area contributed by atoms with Gasteiger partial charge in [0.25, 0.3) is 11.6 Å². The van der Waals surface area contributed by atoms with Crippen LogP contribution in [0.4, 0.5) is 10.7 Å². The Morgan fingerprint density at radius 1 is 1.12 bits per heavy atom. The van der Waals surface area contributed by atoms with Crippen LogP contribution < -0.4 is 14.8 Å². The number of nitro groups is 1. The molecule has 3 rings (SSSR count). The molecule has 1 amide bonds. The van der Waals surface area contributed by atoms with E-state index in [0.29, 0.717) is 17.0 Å². The molecule has 0 bridgehead atoms. The van der Waals surface area contributed by atoms with Crippen molar-refractivity contribution in [3.8, 4) is 11.5 Å². The van der Waals surface area contributed by atoms with Gasteiger partial charge in [-0.2, -0.15) is 0 Å². The van der Waals surface area contributed by atoms with Crippen molar-refractivity contribution in [2.45, 2.75) is 25.7 Å². The fraction of sp³-hybridized carbons (Fsp3) is 0.429. The summed E-state index contributed by atoms with van der Waals surface area (Å²) in [4.78, 5) is 37.5. The van der Waals surface area contributed by atoms with Gasteiger partial charge >= 0.3 is 5.97 Å². The minimum absolute atomic E-state index is 0.120. The maximum Gasteiger partial charge on any atom is 0.341 e. The van der Waals surface area contributed by atoms with Crippen molar-refractivity contribution in [3.05, 3.63) is 43.8 Å². The van der Waals surface area contributed by atoms with Gasteiger partial charge in [-0.3, -0.25) is 14.9 Å². The monoisotopic (exact) mass is 464 g/mol. The first-order chi connectivity index (χ1) is 15.4. The normalized spacial score (nSPS) is 12.6. The van der Waals surface area contributed by atoms with Crippen LogP contribution in [0.5, 0.6) is 11.5 Å². The maximum absolute atomic E-state index is 13.1. The number of esters is 1. The zero-order valence-electron chi connectivity index (χ0n) is 18.0. The summed E-state index contributed by atoms with van der Waals surface area (Å²) in [7, 11) is 4.15. The lowest BCUT2D eigenvalue weighted by Crippen LogP contribution is -2.17. The second-order valence-electron chi connectivity index (χ2n) is 6.98. The number of carbonyl (C=O) groups excluding carboxylic acids is 2. The number of hydrogen-bond donors (Lipinski definition) is 1.